The van der Waals surface area contributed by atoms with Crippen LogP contribution in [0.1, 0.15) is 30.2 Å². The van der Waals surface area contributed by atoms with E-state index < -0.39 is 0 Å². The van der Waals surface area contributed by atoms with Gasteiger partial charge >= 0.3 is 0 Å². The molecular formula is C13H17FN4. The Morgan fingerprint density at radius 1 is 1.33 bits per heavy atom. The Bertz CT molecular complexity index is 536. The van der Waals surface area contributed by atoms with E-state index in [1.807, 2.05) is 31.5 Å². The second-order valence-corrected chi connectivity index (χ2v) is 4.35. The molecule has 1 unspecified atom stereocenters. The minimum Gasteiger partial charge on any atom is -0.317 e. The summed E-state index contributed by atoms with van der Waals surface area (Å²) in [5.41, 5.74) is 0.663. The van der Waals surface area contributed by atoms with Crippen LogP contribution in [0.4, 0.5) is 4.39 Å². The van der Waals surface area contributed by atoms with Gasteiger partial charge in [-0.1, -0.05) is 18.2 Å². The first kappa shape index (κ1) is 12.7. The second-order valence-electron chi connectivity index (χ2n) is 4.35. The van der Waals surface area contributed by atoms with E-state index >= 15 is 0 Å². The van der Waals surface area contributed by atoms with Gasteiger partial charge in [0.1, 0.15) is 17.5 Å². The van der Waals surface area contributed by atoms with Crippen LogP contribution in [0.25, 0.3) is 0 Å². The molecule has 0 spiro atoms. The van der Waals surface area contributed by atoms with E-state index in [1.54, 1.807) is 12.1 Å². The fourth-order valence-corrected chi connectivity index (χ4v) is 1.79. The van der Waals surface area contributed by atoms with Crippen LogP contribution < -0.4 is 5.32 Å². The maximum atomic E-state index is 13.6. The third-order valence-corrected chi connectivity index (χ3v) is 3.12. The van der Waals surface area contributed by atoms with Crippen LogP contribution in [-0.4, -0.2) is 14.8 Å². The van der Waals surface area contributed by atoms with Crippen LogP contribution in [0.15, 0.2) is 24.3 Å². The van der Waals surface area contributed by atoms with E-state index in [4.69, 9.17) is 0 Å². The zero-order valence-corrected chi connectivity index (χ0v) is 10.8. The van der Waals surface area contributed by atoms with E-state index in [-0.39, 0.29) is 11.9 Å². The molecule has 0 saturated heterocycles. The molecule has 0 aliphatic heterocycles. The van der Waals surface area contributed by atoms with Crippen molar-refractivity contribution in [2.75, 3.05) is 0 Å². The molecule has 1 aromatic carbocycles. The van der Waals surface area contributed by atoms with Crippen molar-refractivity contribution in [2.24, 2.45) is 7.05 Å². The van der Waals surface area contributed by atoms with Crippen LogP contribution >= 0.6 is 0 Å². The summed E-state index contributed by atoms with van der Waals surface area (Å²) in [7, 11) is 1.92. The van der Waals surface area contributed by atoms with Crippen molar-refractivity contribution >= 4 is 0 Å². The zero-order chi connectivity index (χ0) is 13.1. The lowest BCUT2D eigenvalue weighted by molar-refractivity contribution is 0.513. The molecule has 1 aromatic heterocycles. The van der Waals surface area contributed by atoms with Gasteiger partial charge < -0.3 is 9.88 Å². The molecule has 96 valence electrons. The molecule has 4 nitrogen and oxygen atoms in total. The van der Waals surface area contributed by atoms with Gasteiger partial charge in [0.25, 0.3) is 0 Å². The first-order valence-corrected chi connectivity index (χ1v) is 5.92. The van der Waals surface area contributed by atoms with E-state index in [9.17, 15) is 4.39 Å². The Balaban J connectivity index is 2.03. The monoisotopic (exact) mass is 248 g/mol. The van der Waals surface area contributed by atoms with E-state index in [2.05, 4.69) is 15.5 Å². The van der Waals surface area contributed by atoms with E-state index in [0.717, 1.165) is 11.6 Å². The van der Waals surface area contributed by atoms with Crippen molar-refractivity contribution < 1.29 is 4.39 Å². The standard InChI is InChI=1S/C13H17FN4/c1-9(11-6-4-5-7-12(11)14)15-8-13-17-16-10(2)18(13)3/h4-7,9,15H,8H2,1-3H3. The molecule has 5 heteroatoms. The molecule has 2 aromatic rings. The number of nitrogens with one attached hydrogen (secondary N) is 1. The fraction of sp³-hybridized carbons (Fsp3) is 0.385. The van der Waals surface area contributed by atoms with Crippen molar-refractivity contribution in [1.29, 1.82) is 0 Å². The zero-order valence-electron chi connectivity index (χ0n) is 10.8. The molecule has 0 saturated carbocycles. The number of aromatic nitrogens is 3. The number of benzene rings is 1. The van der Waals surface area contributed by atoms with Crippen molar-refractivity contribution in [1.82, 2.24) is 20.1 Å². The second kappa shape index (κ2) is 5.27. The van der Waals surface area contributed by atoms with Crippen molar-refractivity contribution in [2.45, 2.75) is 26.4 Å². The topological polar surface area (TPSA) is 42.7 Å². The summed E-state index contributed by atoms with van der Waals surface area (Å²) in [5.74, 6) is 1.52. The summed E-state index contributed by atoms with van der Waals surface area (Å²) in [5, 5.41) is 11.3. The molecule has 0 bridgehead atoms. The highest BCUT2D eigenvalue weighted by Crippen LogP contribution is 2.16. The Morgan fingerprint density at radius 3 is 2.67 bits per heavy atom. The highest BCUT2D eigenvalue weighted by atomic mass is 19.1. The minimum atomic E-state index is -0.188. The maximum Gasteiger partial charge on any atom is 0.146 e. The Kier molecular flexibility index (Phi) is 3.72. The molecule has 0 aliphatic rings. The number of aryl methyl sites for hydroxylation is 1. The normalized spacial score (nSPS) is 12.7. The predicted octanol–water partition coefficient (Wildman–Crippen LogP) is 2.11. The summed E-state index contributed by atoms with van der Waals surface area (Å²) in [6.07, 6.45) is 0. The SMILES string of the molecule is Cc1nnc(CNC(C)c2ccccc2F)n1C. The van der Waals surface area contributed by atoms with E-state index in [1.165, 1.54) is 6.07 Å². The molecular weight excluding hydrogens is 231 g/mol. The van der Waals surface area contributed by atoms with Crippen LogP contribution in [0.3, 0.4) is 0 Å². The van der Waals surface area contributed by atoms with Gasteiger partial charge in [-0.25, -0.2) is 4.39 Å². The largest absolute Gasteiger partial charge is 0.317 e. The Morgan fingerprint density at radius 2 is 2.06 bits per heavy atom. The number of nitrogens with zero attached hydrogens (tertiary/aromatic N) is 3. The van der Waals surface area contributed by atoms with E-state index in [0.29, 0.717) is 12.1 Å². The lowest BCUT2D eigenvalue weighted by Gasteiger charge is -2.14. The molecule has 0 aliphatic carbocycles. The summed E-state index contributed by atoms with van der Waals surface area (Å²) in [4.78, 5) is 0. The number of halogens is 1. The quantitative estimate of drug-likeness (QED) is 0.901. The molecule has 0 fully saturated rings. The molecule has 18 heavy (non-hydrogen) atoms. The van der Waals surface area contributed by atoms with Crippen LogP contribution in [-0.2, 0) is 13.6 Å². The minimum absolute atomic E-state index is 0.0665. The van der Waals surface area contributed by atoms with Crippen LogP contribution in [0.2, 0.25) is 0 Å². The third kappa shape index (κ3) is 2.56. The summed E-state index contributed by atoms with van der Waals surface area (Å²) < 4.78 is 15.5. The fourth-order valence-electron chi connectivity index (χ4n) is 1.79. The average molecular weight is 248 g/mol. The van der Waals surface area contributed by atoms with Crippen LogP contribution in [0, 0.1) is 12.7 Å². The average Bonchev–Trinajstić information content (AvgIpc) is 2.68. The van der Waals surface area contributed by atoms with Crippen LogP contribution in [0.5, 0.6) is 0 Å². The molecule has 1 N–H and O–H groups in total. The predicted molar refractivity (Wildman–Crippen MR) is 67.4 cm³/mol. The number of hydrogen-bond donors (Lipinski definition) is 1. The van der Waals surface area contributed by atoms with Gasteiger partial charge in [-0.2, -0.15) is 0 Å². The summed E-state index contributed by atoms with van der Waals surface area (Å²) in [6.45, 7) is 4.39. The van der Waals surface area contributed by atoms with Gasteiger partial charge in [-0.05, 0) is 19.9 Å². The molecule has 2 rings (SSSR count). The smallest absolute Gasteiger partial charge is 0.146 e. The van der Waals surface area contributed by atoms with Gasteiger partial charge in [0.15, 0.2) is 0 Å². The molecule has 1 heterocycles. The van der Waals surface area contributed by atoms with Gasteiger partial charge in [0.2, 0.25) is 0 Å². The van der Waals surface area contributed by atoms with Crippen molar-refractivity contribution in [3.63, 3.8) is 0 Å². The summed E-state index contributed by atoms with van der Waals surface area (Å²) in [6, 6.07) is 6.72. The molecule has 0 radical (unpaired) electrons. The lowest BCUT2D eigenvalue weighted by atomic mass is 10.1. The van der Waals surface area contributed by atoms with Crippen molar-refractivity contribution in [3.05, 3.63) is 47.3 Å². The first-order valence-electron chi connectivity index (χ1n) is 5.92. The first-order chi connectivity index (χ1) is 8.59. The third-order valence-electron chi connectivity index (χ3n) is 3.12. The van der Waals surface area contributed by atoms with Gasteiger partial charge in [-0.3, -0.25) is 0 Å². The Labute approximate surface area is 106 Å². The summed E-state index contributed by atoms with van der Waals surface area (Å²) >= 11 is 0. The lowest BCUT2D eigenvalue weighted by Crippen LogP contribution is -2.21. The maximum absolute atomic E-state index is 13.6. The Hall–Kier alpha value is -1.75. The van der Waals surface area contributed by atoms with Gasteiger partial charge in [-0.15, -0.1) is 10.2 Å². The highest BCUT2D eigenvalue weighted by molar-refractivity contribution is 5.20. The van der Waals surface area contributed by atoms with Gasteiger partial charge in [0.05, 0.1) is 6.54 Å². The van der Waals surface area contributed by atoms with Crippen molar-refractivity contribution in [3.8, 4) is 0 Å². The highest BCUT2D eigenvalue weighted by Gasteiger charge is 2.11. The van der Waals surface area contributed by atoms with Gasteiger partial charge in [0, 0.05) is 18.7 Å². The molecule has 0 amide bonds. The number of hydrogen-bond acceptors (Lipinski definition) is 3. The molecule has 1 atom stereocenters. The number of rotatable bonds is 4.